The molecule has 6 heteroatoms. The van der Waals surface area contributed by atoms with E-state index in [9.17, 15) is 4.79 Å². The van der Waals surface area contributed by atoms with Gasteiger partial charge in [-0.15, -0.1) is 0 Å². The van der Waals surface area contributed by atoms with Gasteiger partial charge in [0.2, 0.25) is 0 Å². The molecular weight excluding hydrogens is 304 g/mol. The molecule has 1 aromatic carbocycles. The van der Waals surface area contributed by atoms with Crippen molar-refractivity contribution >= 4 is 17.3 Å². The second-order valence-corrected chi connectivity index (χ2v) is 5.62. The molecule has 0 spiro atoms. The molecule has 3 rings (SSSR count). The van der Waals surface area contributed by atoms with E-state index in [2.05, 4.69) is 21.7 Å². The molecule has 0 bridgehead atoms. The highest BCUT2D eigenvalue weighted by molar-refractivity contribution is 5.94. The summed E-state index contributed by atoms with van der Waals surface area (Å²) in [5.74, 6) is -0.174. The molecule has 0 aliphatic carbocycles. The number of nitrogens with zero attached hydrogens (tertiary/aromatic N) is 2. The lowest BCUT2D eigenvalue weighted by molar-refractivity contribution is 0.0857. The van der Waals surface area contributed by atoms with Crippen LogP contribution in [0.2, 0.25) is 0 Å². The van der Waals surface area contributed by atoms with Crippen molar-refractivity contribution in [2.24, 2.45) is 0 Å². The van der Waals surface area contributed by atoms with Gasteiger partial charge in [-0.25, -0.2) is 0 Å². The molecule has 2 heterocycles. The summed E-state index contributed by atoms with van der Waals surface area (Å²) >= 11 is 0. The van der Waals surface area contributed by atoms with E-state index >= 15 is 0 Å². The van der Waals surface area contributed by atoms with E-state index in [0.717, 1.165) is 25.1 Å². The van der Waals surface area contributed by atoms with Gasteiger partial charge in [0.05, 0.1) is 35.2 Å². The first-order chi connectivity index (χ1) is 11.7. The molecular formula is C18H18N4O2. The lowest BCUT2D eigenvalue weighted by atomic mass is 10.2. The molecule has 2 N–H and O–H groups in total. The van der Waals surface area contributed by atoms with Crippen molar-refractivity contribution in [1.29, 1.82) is 5.26 Å². The van der Waals surface area contributed by atoms with Crippen LogP contribution < -0.4 is 10.6 Å². The maximum atomic E-state index is 12.2. The minimum atomic E-state index is -0.174. The first-order valence-corrected chi connectivity index (χ1v) is 7.86. The van der Waals surface area contributed by atoms with Gasteiger partial charge in [0.1, 0.15) is 0 Å². The van der Waals surface area contributed by atoms with E-state index < -0.39 is 0 Å². The number of nitrogens with one attached hydrogen (secondary N) is 2. The van der Waals surface area contributed by atoms with Crippen molar-refractivity contribution in [3.05, 3.63) is 53.9 Å². The van der Waals surface area contributed by atoms with Crippen LogP contribution in [0, 0.1) is 11.3 Å². The minimum absolute atomic E-state index is 0.108. The third-order valence-electron chi connectivity index (χ3n) is 3.80. The van der Waals surface area contributed by atoms with Gasteiger partial charge in [-0.2, -0.15) is 5.26 Å². The normalized spacial score (nSPS) is 16.4. The molecule has 6 nitrogen and oxygen atoms in total. The SMILES string of the molecule is N#Cc1cccc(Nc2cncc(C(=O)NCC3CCCO3)c2)c1. The molecule has 1 fully saturated rings. The Labute approximate surface area is 140 Å². The van der Waals surface area contributed by atoms with Crippen LogP contribution in [0.1, 0.15) is 28.8 Å². The predicted octanol–water partition coefficient (Wildman–Crippen LogP) is 2.61. The Morgan fingerprint density at radius 1 is 1.33 bits per heavy atom. The second-order valence-electron chi connectivity index (χ2n) is 5.62. The van der Waals surface area contributed by atoms with Crippen LogP contribution >= 0.6 is 0 Å². The maximum Gasteiger partial charge on any atom is 0.253 e. The Hall–Kier alpha value is -2.91. The number of ether oxygens (including phenoxy) is 1. The molecule has 1 aliphatic rings. The van der Waals surface area contributed by atoms with Crippen LogP contribution in [0.3, 0.4) is 0 Å². The molecule has 24 heavy (non-hydrogen) atoms. The number of carbonyl (C=O) groups excluding carboxylic acids is 1. The first kappa shape index (κ1) is 16.0. The average Bonchev–Trinajstić information content (AvgIpc) is 3.13. The van der Waals surface area contributed by atoms with Crippen molar-refractivity contribution in [2.45, 2.75) is 18.9 Å². The predicted molar refractivity (Wildman–Crippen MR) is 90.0 cm³/mol. The summed E-state index contributed by atoms with van der Waals surface area (Å²) < 4.78 is 5.49. The van der Waals surface area contributed by atoms with E-state index in [1.54, 1.807) is 30.5 Å². The Morgan fingerprint density at radius 3 is 3.04 bits per heavy atom. The van der Waals surface area contributed by atoms with Gasteiger partial charge in [0.25, 0.3) is 5.91 Å². The van der Waals surface area contributed by atoms with Gasteiger partial charge in [0, 0.05) is 25.0 Å². The summed E-state index contributed by atoms with van der Waals surface area (Å²) in [7, 11) is 0. The van der Waals surface area contributed by atoms with Gasteiger partial charge in [-0.1, -0.05) is 6.07 Å². The van der Waals surface area contributed by atoms with Crippen molar-refractivity contribution in [2.75, 3.05) is 18.5 Å². The first-order valence-electron chi connectivity index (χ1n) is 7.86. The highest BCUT2D eigenvalue weighted by Gasteiger charge is 2.16. The Balaban J connectivity index is 1.64. The number of hydrogen-bond donors (Lipinski definition) is 2. The van der Waals surface area contributed by atoms with Crippen LogP contribution in [0.4, 0.5) is 11.4 Å². The van der Waals surface area contributed by atoms with E-state index in [0.29, 0.717) is 23.4 Å². The van der Waals surface area contributed by atoms with Gasteiger partial charge in [-0.05, 0) is 37.1 Å². The molecule has 0 saturated carbocycles. The molecule has 1 unspecified atom stereocenters. The van der Waals surface area contributed by atoms with Crippen molar-refractivity contribution in [1.82, 2.24) is 10.3 Å². The number of aromatic nitrogens is 1. The third-order valence-corrected chi connectivity index (χ3v) is 3.80. The molecule has 122 valence electrons. The number of rotatable bonds is 5. The Bertz CT molecular complexity index is 764. The molecule has 0 radical (unpaired) electrons. The zero-order chi connectivity index (χ0) is 16.8. The standard InChI is InChI=1S/C18H18N4O2/c19-9-13-3-1-4-15(7-13)22-16-8-14(10-20-11-16)18(23)21-12-17-5-2-6-24-17/h1,3-4,7-8,10-11,17,22H,2,5-6,12H2,(H,21,23). The maximum absolute atomic E-state index is 12.2. The van der Waals surface area contributed by atoms with E-state index in [-0.39, 0.29) is 12.0 Å². The fourth-order valence-electron chi connectivity index (χ4n) is 2.58. The highest BCUT2D eigenvalue weighted by Crippen LogP contribution is 2.18. The van der Waals surface area contributed by atoms with E-state index in [1.807, 2.05) is 6.07 Å². The van der Waals surface area contributed by atoms with Gasteiger partial charge in [0.15, 0.2) is 0 Å². The molecule has 1 aliphatic heterocycles. The minimum Gasteiger partial charge on any atom is -0.376 e. The zero-order valence-corrected chi connectivity index (χ0v) is 13.2. The number of carbonyl (C=O) groups is 1. The van der Waals surface area contributed by atoms with Gasteiger partial charge in [-0.3, -0.25) is 9.78 Å². The van der Waals surface area contributed by atoms with Gasteiger partial charge < -0.3 is 15.4 Å². The summed E-state index contributed by atoms with van der Waals surface area (Å²) in [4.78, 5) is 16.3. The van der Waals surface area contributed by atoms with Crippen molar-refractivity contribution in [3.8, 4) is 6.07 Å². The summed E-state index contributed by atoms with van der Waals surface area (Å²) in [6.45, 7) is 1.28. The molecule has 1 amide bonds. The fraction of sp³-hybridized carbons (Fsp3) is 0.278. The number of pyridine rings is 1. The lowest BCUT2D eigenvalue weighted by Crippen LogP contribution is -2.31. The Kier molecular flexibility index (Phi) is 5.04. The summed E-state index contributed by atoms with van der Waals surface area (Å²) in [6, 6.07) is 11.0. The molecule has 2 aromatic rings. The van der Waals surface area contributed by atoms with E-state index in [1.165, 1.54) is 6.20 Å². The van der Waals surface area contributed by atoms with Gasteiger partial charge >= 0.3 is 0 Å². The quantitative estimate of drug-likeness (QED) is 0.883. The van der Waals surface area contributed by atoms with Crippen LogP contribution in [0.5, 0.6) is 0 Å². The lowest BCUT2D eigenvalue weighted by Gasteiger charge is -2.11. The third kappa shape index (κ3) is 4.09. The fourth-order valence-corrected chi connectivity index (χ4v) is 2.58. The number of benzene rings is 1. The number of nitriles is 1. The second kappa shape index (κ2) is 7.57. The highest BCUT2D eigenvalue weighted by atomic mass is 16.5. The molecule has 1 saturated heterocycles. The molecule has 1 aromatic heterocycles. The topological polar surface area (TPSA) is 87.0 Å². The number of hydrogen-bond acceptors (Lipinski definition) is 5. The van der Waals surface area contributed by atoms with Crippen LogP contribution in [-0.4, -0.2) is 30.1 Å². The van der Waals surface area contributed by atoms with Crippen LogP contribution in [0.25, 0.3) is 0 Å². The largest absolute Gasteiger partial charge is 0.376 e. The average molecular weight is 322 g/mol. The molecule has 1 atom stereocenters. The zero-order valence-electron chi connectivity index (χ0n) is 13.2. The van der Waals surface area contributed by atoms with Crippen LogP contribution in [0.15, 0.2) is 42.7 Å². The monoisotopic (exact) mass is 322 g/mol. The smallest absolute Gasteiger partial charge is 0.253 e. The number of anilines is 2. The van der Waals surface area contributed by atoms with Crippen molar-refractivity contribution in [3.63, 3.8) is 0 Å². The van der Waals surface area contributed by atoms with Crippen molar-refractivity contribution < 1.29 is 9.53 Å². The summed E-state index contributed by atoms with van der Waals surface area (Å²) in [6.07, 6.45) is 5.30. The Morgan fingerprint density at radius 2 is 2.25 bits per heavy atom. The van der Waals surface area contributed by atoms with Crippen LogP contribution in [-0.2, 0) is 4.74 Å². The summed E-state index contributed by atoms with van der Waals surface area (Å²) in [5.41, 5.74) is 2.51. The summed E-state index contributed by atoms with van der Waals surface area (Å²) in [5, 5.41) is 15.0. The number of amides is 1. The van der Waals surface area contributed by atoms with E-state index in [4.69, 9.17) is 10.00 Å².